The Bertz CT molecular complexity index is 972. The summed E-state index contributed by atoms with van der Waals surface area (Å²) in [5, 5.41) is 9.32. The summed E-state index contributed by atoms with van der Waals surface area (Å²) in [7, 11) is 0. The number of oxazole rings is 1. The van der Waals surface area contributed by atoms with Crippen LogP contribution in [0.25, 0.3) is 21.7 Å². The first-order valence-corrected chi connectivity index (χ1v) is 10.2. The lowest BCUT2D eigenvalue weighted by Gasteiger charge is -2.41. The molecule has 2 aromatic heterocycles. The van der Waals surface area contributed by atoms with Gasteiger partial charge in [-0.1, -0.05) is 6.42 Å². The van der Waals surface area contributed by atoms with Crippen molar-refractivity contribution in [2.45, 2.75) is 38.3 Å². The first kappa shape index (κ1) is 16.7. The van der Waals surface area contributed by atoms with E-state index < -0.39 is 0 Å². The molecule has 0 saturated carbocycles. The highest BCUT2D eigenvalue weighted by molar-refractivity contribution is 7.13. The number of nitrogens with one attached hydrogen (secondary N) is 2. The Morgan fingerprint density at radius 3 is 2.85 bits per heavy atom. The molecule has 0 radical (unpaired) electrons. The number of carbonyl (C=O) groups excluding carboxylic acids is 1. The number of anilines is 2. The fraction of sp³-hybridized carbons (Fsp3) is 0.421. The molecule has 2 bridgehead atoms. The standard InChI is InChI=1S/C19H21N5O2S/c1-11(25)21-14-7-15(18-20-5-6-27-18)17-16(8-14)23-19(26-17)24-9-12-3-2-4-13(10-24)22-12/h5-8,12-13,22H,2-4,9-10H2,1H3,(H,21,25). The summed E-state index contributed by atoms with van der Waals surface area (Å²) in [6, 6.07) is 5.43. The van der Waals surface area contributed by atoms with E-state index in [4.69, 9.17) is 9.40 Å². The second-order valence-electron chi connectivity index (χ2n) is 7.28. The summed E-state index contributed by atoms with van der Waals surface area (Å²) in [5.74, 6) is -0.113. The van der Waals surface area contributed by atoms with Crippen LogP contribution in [0.3, 0.4) is 0 Å². The molecule has 7 nitrogen and oxygen atoms in total. The number of piperidine rings is 1. The number of hydrogen-bond acceptors (Lipinski definition) is 7. The van der Waals surface area contributed by atoms with Gasteiger partial charge in [-0.05, 0) is 25.0 Å². The molecule has 5 rings (SSSR count). The van der Waals surface area contributed by atoms with Crippen molar-refractivity contribution in [1.82, 2.24) is 15.3 Å². The summed E-state index contributed by atoms with van der Waals surface area (Å²) in [5.41, 5.74) is 3.03. The van der Waals surface area contributed by atoms with Crippen molar-refractivity contribution in [3.63, 3.8) is 0 Å². The third-order valence-electron chi connectivity index (χ3n) is 5.19. The van der Waals surface area contributed by atoms with Crippen molar-refractivity contribution in [2.75, 3.05) is 23.3 Å². The van der Waals surface area contributed by atoms with Crippen LogP contribution in [-0.2, 0) is 4.79 Å². The molecule has 2 saturated heterocycles. The van der Waals surface area contributed by atoms with Crippen molar-refractivity contribution in [1.29, 1.82) is 0 Å². The molecule has 2 aliphatic heterocycles. The Morgan fingerprint density at radius 2 is 2.15 bits per heavy atom. The maximum Gasteiger partial charge on any atom is 0.298 e. The van der Waals surface area contributed by atoms with Crippen LogP contribution in [0.5, 0.6) is 0 Å². The maximum absolute atomic E-state index is 11.5. The summed E-state index contributed by atoms with van der Waals surface area (Å²) in [4.78, 5) is 23.0. The van der Waals surface area contributed by atoms with Gasteiger partial charge in [0, 0.05) is 49.4 Å². The number of hydrogen-bond donors (Lipinski definition) is 2. The van der Waals surface area contributed by atoms with E-state index in [-0.39, 0.29) is 5.91 Å². The molecule has 140 valence electrons. The van der Waals surface area contributed by atoms with Crippen molar-refractivity contribution < 1.29 is 9.21 Å². The molecule has 0 aliphatic carbocycles. The molecule has 1 amide bonds. The highest BCUT2D eigenvalue weighted by Gasteiger charge is 2.32. The number of piperazine rings is 1. The van der Waals surface area contributed by atoms with Gasteiger partial charge in [0.05, 0.1) is 5.56 Å². The highest BCUT2D eigenvalue weighted by atomic mass is 32.1. The van der Waals surface area contributed by atoms with Gasteiger partial charge in [-0.3, -0.25) is 4.79 Å². The highest BCUT2D eigenvalue weighted by Crippen LogP contribution is 2.36. The summed E-state index contributed by atoms with van der Waals surface area (Å²) >= 11 is 1.54. The van der Waals surface area contributed by atoms with Crippen LogP contribution in [0.1, 0.15) is 26.2 Å². The van der Waals surface area contributed by atoms with Gasteiger partial charge in [-0.15, -0.1) is 11.3 Å². The maximum atomic E-state index is 11.5. The van der Waals surface area contributed by atoms with E-state index in [1.54, 1.807) is 17.5 Å². The zero-order valence-corrected chi connectivity index (χ0v) is 15.9. The van der Waals surface area contributed by atoms with E-state index in [2.05, 4.69) is 20.5 Å². The van der Waals surface area contributed by atoms with Crippen LogP contribution in [0.4, 0.5) is 11.7 Å². The third kappa shape index (κ3) is 3.19. The second-order valence-corrected chi connectivity index (χ2v) is 8.18. The Labute approximate surface area is 160 Å². The number of nitrogens with zero attached hydrogens (tertiary/aromatic N) is 3. The molecular formula is C19H21N5O2S. The SMILES string of the molecule is CC(=O)Nc1cc(-c2nccs2)c2oc(N3CC4CCCC(C3)N4)nc2c1. The minimum absolute atomic E-state index is 0.113. The number of benzene rings is 1. The van der Waals surface area contributed by atoms with Gasteiger partial charge in [0.25, 0.3) is 6.01 Å². The molecule has 2 aliphatic rings. The zero-order valence-electron chi connectivity index (χ0n) is 15.1. The van der Waals surface area contributed by atoms with Crippen molar-refractivity contribution >= 4 is 40.0 Å². The van der Waals surface area contributed by atoms with Crippen LogP contribution >= 0.6 is 11.3 Å². The number of aromatic nitrogens is 2. The lowest BCUT2D eigenvalue weighted by Crippen LogP contribution is -2.58. The molecule has 0 spiro atoms. The largest absolute Gasteiger partial charge is 0.423 e. The minimum Gasteiger partial charge on any atom is -0.423 e. The second kappa shape index (κ2) is 6.61. The number of thiazole rings is 1. The van der Waals surface area contributed by atoms with Gasteiger partial charge < -0.3 is 20.0 Å². The summed E-state index contributed by atoms with van der Waals surface area (Å²) in [6.45, 7) is 3.32. The molecule has 3 aromatic rings. The average Bonchev–Trinajstić information content (AvgIpc) is 3.30. The number of fused-ring (bicyclic) bond motifs is 3. The van der Waals surface area contributed by atoms with E-state index >= 15 is 0 Å². The number of rotatable bonds is 3. The first-order chi connectivity index (χ1) is 13.2. The number of amides is 1. The van der Waals surface area contributed by atoms with Gasteiger partial charge in [0.2, 0.25) is 5.91 Å². The van der Waals surface area contributed by atoms with Gasteiger partial charge >= 0.3 is 0 Å². The smallest absolute Gasteiger partial charge is 0.298 e. The first-order valence-electron chi connectivity index (χ1n) is 9.29. The van der Waals surface area contributed by atoms with E-state index in [1.807, 2.05) is 17.5 Å². The fourth-order valence-electron chi connectivity index (χ4n) is 4.11. The van der Waals surface area contributed by atoms with E-state index in [0.717, 1.165) is 34.8 Å². The average molecular weight is 383 g/mol. The van der Waals surface area contributed by atoms with Gasteiger partial charge in [0.15, 0.2) is 5.58 Å². The Morgan fingerprint density at radius 1 is 1.33 bits per heavy atom. The van der Waals surface area contributed by atoms with Crippen molar-refractivity contribution in [3.05, 3.63) is 23.7 Å². The predicted molar refractivity (Wildman–Crippen MR) is 106 cm³/mol. The van der Waals surface area contributed by atoms with Crippen molar-refractivity contribution in [2.24, 2.45) is 0 Å². The quantitative estimate of drug-likeness (QED) is 0.722. The van der Waals surface area contributed by atoms with Gasteiger partial charge in [-0.2, -0.15) is 4.98 Å². The predicted octanol–water partition coefficient (Wildman–Crippen LogP) is 3.24. The monoisotopic (exact) mass is 383 g/mol. The molecule has 1 aromatic carbocycles. The van der Waals surface area contributed by atoms with Crippen LogP contribution in [-0.4, -0.2) is 41.0 Å². The van der Waals surface area contributed by atoms with Crippen LogP contribution in [0.2, 0.25) is 0 Å². The molecule has 8 heteroatoms. The molecule has 4 heterocycles. The molecule has 2 unspecified atom stereocenters. The number of carbonyl (C=O) groups is 1. The molecule has 27 heavy (non-hydrogen) atoms. The lowest BCUT2D eigenvalue weighted by atomic mass is 9.94. The van der Waals surface area contributed by atoms with E-state index in [1.165, 1.54) is 26.2 Å². The third-order valence-corrected chi connectivity index (χ3v) is 6.00. The van der Waals surface area contributed by atoms with Crippen LogP contribution < -0.4 is 15.5 Å². The van der Waals surface area contributed by atoms with Gasteiger partial charge in [-0.25, -0.2) is 4.98 Å². The normalized spacial score (nSPS) is 22.2. The summed E-state index contributed by atoms with van der Waals surface area (Å²) < 4.78 is 6.23. The Balaban J connectivity index is 1.57. The van der Waals surface area contributed by atoms with Crippen molar-refractivity contribution in [3.8, 4) is 10.6 Å². The topological polar surface area (TPSA) is 83.3 Å². The van der Waals surface area contributed by atoms with Crippen LogP contribution in [0, 0.1) is 0 Å². The molecular weight excluding hydrogens is 362 g/mol. The lowest BCUT2D eigenvalue weighted by molar-refractivity contribution is -0.114. The molecule has 2 N–H and O–H groups in total. The fourth-order valence-corrected chi connectivity index (χ4v) is 4.76. The molecule has 2 fully saturated rings. The zero-order chi connectivity index (χ0) is 18.4. The van der Waals surface area contributed by atoms with E-state index in [9.17, 15) is 4.79 Å². The summed E-state index contributed by atoms with van der Waals surface area (Å²) in [6.07, 6.45) is 5.46. The Kier molecular flexibility index (Phi) is 4.09. The van der Waals surface area contributed by atoms with E-state index in [0.29, 0.717) is 23.8 Å². The minimum atomic E-state index is -0.113. The Hall–Kier alpha value is -2.45. The van der Waals surface area contributed by atoms with Gasteiger partial charge in [0.1, 0.15) is 10.5 Å². The van der Waals surface area contributed by atoms with Crippen LogP contribution in [0.15, 0.2) is 28.1 Å². The molecule has 2 atom stereocenters.